The Morgan fingerprint density at radius 2 is 1.91 bits per heavy atom. The van der Waals surface area contributed by atoms with Crippen LogP contribution < -0.4 is 5.73 Å². The van der Waals surface area contributed by atoms with Crippen LogP contribution >= 0.6 is 11.3 Å². The lowest BCUT2D eigenvalue weighted by atomic mass is 9.77. The molecule has 3 aromatic rings. The van der Waals surface area contributed by atoms with Gasteiger partial charge in [-0.25, -0.2) is 9.97 Å². The third-order valence-electron chi connectivity index (χ3n) is 6.43. The van der Waals surface area contributed by atoms with Crippen LogP contribution in [-0.4, -0.2) is 49.4 Å². The molecule has 0 unspecified atom stereocenters. The van der Waals surface area contributed by atoms with Crippen LogP contribution in [-0.2, 0) is 9.59 Å². The van der Waals surface area contributed by atoms with Crippen LogP contribution in [0.3, 0.4) is 0 Å². The zero-order valence-corrected chi connectivity index (χ0v) is 20.7. The number of rotatable bonds is 6. The van der Waals surface area contributed by atoms with Gasteiger partial charge < -0.3 is 20.7 Å². The third-order valence-corrected chi connectivity index (χ3v) is 7.40. The fourth-order valence-corrected chi connectivity index (χ4v) is 5.33. The highest BCUT2D eigenvalue weighted by Gasteiger charge is 2.43. The van der Waals surface area contributed by atoms with Crippen LogP contribution in [0, 0.1) is 18.3 Å². The largest absolute Gasteiger partial charge is 0.391 e. The SMILES string of the molecule is Cc1ncsc1-c1ccc(-c2cnc([C@@H]3C[C@@H](O)CN3C(=O)[C@@H](CC(N)=O)C(C)(C)C)[nH]2)cc1. The normalized spacial score (nSPS) is 19.4. The van der Waals surface area contributed by atoms with E-state index in [1.54, 1.807) is 22.4 Å². The first kappa shape index (κ1) is 24.1. The Balaban J connectivity index is 1.57. The van der Waals surface area contributed by atoms with Crippen molar-refractivity contribution in [1.29, 1.82) is 0 Å². The number of nitrogens with one attached hydrogen (secondary N) is 1. The molecule has 4 N–H and O–H groups in total. The molecule has 0 aliphatic carbocycles. The molecule has 4 rings (SSSR count). The summed E-state index contributed by atoms with van der Waals surface area (Å²) in [6.07, 6.45) is 1.45. The second-order valence-corrected chi connectivity index (χ2v) is 10.9. The summed E-state index contributed by atoms with van der Waals surface area (Å²) in [5.41, 5.74) is 10.8. The number of carbonyl (C=O) groups excluding carboxylic acids is 2. The number of thiazole rings is 1. The summed E-state index contributed by atoms with van der Waals surface area (Å²) in [7, 11) is 0. The van der Waals surface area contributed by atoms with Gasteiger partial charge in [0.2, 0.25) is 11.8 Å². The van der Waals surface area contributed by atoms with Crippen molar-refractivity contribution >= 4 is 23.2 Å². The molecule has 9 heteroatoms. The fraction of sp³-hybridized carbons (Fsp3) is 0.440. The molecular formula is C25H31N5O3S. The van der Waals surface area contributed by atoms with E-state index >= 15 is 0 Å². The number of hydrogen-bond donors (Lipinski definition) is 3. The van der Waals surface area contributed by atoms with Crippen LogP contribution in [0.4, 0.5) is 0 Å². The van der Waals surface area contributed by atoms with Crippen molar-refractivity contribution in [3.8, 4) is 21.7 Å². The number of likely N-dealkylation sites (tertiary alicyclic amines) is 1. The maximum absolute atomic E-state index is 13.5. The van der Waals surface area contributed by atoms with Gasteiger partial charge in [0.15, 0.2) is 0 Å². The monoisotopic (exact) mass is 481 g/mol. The summed E-state index contributed by atoms with van der Waals surface area (Å²) in [5.74, 6) is -0.652. The lowest BCUT2D eigenvalue weighted by molar-refractivity contribution is -0.143. The van der Waals surface area contributed by atoms with Crippen molar-refractivity contribution in [2.24, 2.45) is 17.1 Å². The molecule has 1 aromatic carbocycles. The van der Waals surface area contributed by atoms with E-state index in [9.17, 15) is 14.7 Å². The molecule has 34 heavy (non-hydrogen) atoms. The Morgan fingerprint density at radius 1 is 1.24 bits per heavy atom. The van der Waals surface area contributed by atoms with Crippen LogP contribution in [0.25, 0.3) is 21.7 Å². The molecule has 3 heterocycles. The first-order chi connectivity index (χ1) is 16.0. The Labute approximate surface area is 203 Å². The molecular weight excluding hydrogens is 450 g/mol. The van der Waals surface area contributed by atoms with Crippen molar-refractivity contribution in [2.75, 3.05) is 6.54 Å². The van der Waals surface area contributed by atoms with Crippen LogP contribution in [0.2, 0.25) is 0 Å². The topological polar surface area (TPSA) is 125 Å². The van der Waals surface area contributed by atoms with Crippen molar-refractivity contribution in [2.45, 2.75) is 52.7 Å². The third kappa shape index (κ3) is 4.90. The molecule has 1 saturated heterocycles. The first-order valence-electron chi connectivity index (χ1n) is 11.4. The molecule has 3 atom stereocenters. The predicted molar refractivity (Wildman–Crippen MR) is 132 cm³/mol. The standard InChI is InChI=1S/C25H31N5O3S/c1-14-22(34-13-28-14)16-7-5-15(6-8-16)19-11-27-23(29-19)20-9-17(31)12-30(20)24(33)18(10-21(26)32)25(2,3)4/h5-8,11,13,17-18,20,31H,9-10,12H2,1-4H3,(H2,26,32)(H,27,29)/t17-,18-,20+/m1/s1. The number of β-amino-alcohol motifs (C(OH)–C–C–N with tert-alkyl or cyclic N) is 1. The second-order valence-electron chi connectivity index (χ2n) is 10.0. The van der Waals surface area contributed by atoms with Crippen LogP contribution in [0.15, 0.2) is 36.0 Å². The average Bonchev–Trinajstić information content (AvgIpc) is 3.50. The van der Waals surface area contributed by atoms with Crippen molar-refractivity contribution < 1.29 is 14.7 Å². The van der Waals surface area contributed by atoms with E-state index in [0.29, 0.717) is 12.2 Å². The molecule has 1 aliphatic rings. The molecule has 0 saturated carbocycles. The van der Waals surface area contributed by atoms with Gasteiger partial charge in [-0.1, -0.05) is 45.0 Å². The zero-order valence-electron chi connectivity index (χ0n) is 19.9. The maximum atomic E-state index is 13.5. The molecule has 0 radical (unpaired) electrons. The van der Waals surface area contributed by atoms with E-state index in [-0.39, 0.29) is 18.9 Å². The number of aliphatic hydroxyl groups excluding tert-OH is 1. The van der Waals surface area contributed by atoms with Gasteiger partial charge in [0.05, 0.1) is 46.0 Å². The number of carbonyl (C=O) groups is 2. The van der Waals surface area contributed by atoms with E-state index in [2.05, 4.69) is 27.1 Å². The molecule has 1 fully saturated rings. The molecule has 0 spiro atoms. The molecule has 2 aromatic heterocycles. The summed E-state index contributed by atoms with van der Waals surface area (Å²) >= 11 is 1.61. The number of aliphatic hydroxyl groups is 1. The lowest BCUT2D eigenvalue weighted by Crippen LogP contribution is -2.43. The number of primary amides is 1. The molecule has 8 nitrogen and oxygen atoms in total. The highest BCUT2D eigenvalue weighted by Crippen LogP contribution is 2.38. The minimum atomic E-state index is -0.654. The Morgan fingerprint density at radius 3 is 2.50 bits per heavy atom. The smallest absolute Gasteiger partial charge is 0.227 e. The van der Waals surface area contributed by atoms with Gasteiger partial charge in [-0.3, -0.25) is 9.59 Å². The highest BCUT2D eigenvalue weighted by atomic mass is 32.1. The van der Waals surface area contributed by atoms with E-state index in [4.69, 9.17) is 5.73 Å². The van der Waals surface area contributed by atoms with Gasteiger partial charge in [-0.05, 0) is 23.5 Å². The lowest BCUT2D eigenvalue weighted by Gasteiger charge is -2.34. The summed E-state index contributed by atoms with van der Waals surface area (Å²) in [6.45, 7) is 7.96. The number of benzene rings is 1. The number of aryl methyl sites for hydroxylation is 1. The fourth-order valence-electron chi connectivity index (χ4n) is 4.51. The number of aromatic amines is 1. The quantitative estimate of drug-likeness (QED) is 0.495. The summed E-state index contributed by atoms with van der Waals surface area (Å²) in [4.78, 5) is 40.1. The number of aromatic nitrogens is 3. The van der Waals surface area contributed by atoms with Crippen molar-refractivity contribution in [3.05, 3.63) is 47.5 Å². The average molecular weight is 482 g/mol. The van der Waals surface area contributed by atoms with Gasteiger partial charge in [-0.15, -0.1) is 11.3 Å². The number of nitrogens with zero attached hydrogens (tertiary/aromatic N) is 3. The highest BCUT2D eigenvalue weighted by molar-refractivity contribution is 7.13. The number of amides is 2. The second kappa shape index (κ2) is 9.31. The minimum absolute atomic E-state index is 0.0311. The Bertz CT molecular complexity index is 1180. The minimum Gasteiger partial charge on any atom is -0.391 e. The first-order valence-corrected chi connectivity index (χ1v) is 12.2. The predicted octanol–water partition coefficient (Wildman–Crippen LogP) is 3.68. The number of imidazole rings is 1. The molecule has 0 bridgehead atoms. The van der Waals surface area contributed by atoms with E-state index in [0.717, 1.165) is 27.4 Å². The van der Waals surface area contributed by atoms with Gasteiger partial charge in [0, 0.05) is 19.4 Å². The van der Waals surface area contributed by atoms with Crippen LogP contribution in [0.5, 0.6) is 0 Å². The van der Waals surface area contributed by atoms with Gasteiger partial charge in [-0.2, -0.15) is 0 Å². The van der Waals surface area contributed by atoms with Gasteiger partial charge >= 0.3 is 0 Å². The summed E-state index contributed by atoms with van der Waals surface area (Å²) in [5, 5.41) is 10.4. The Kier molecular flexibility index (Phi) is 6.60. The maximum Gasteiger partial charge on any atom is 0.227 e. The number of hydrogen-bond acceptors (Lipinski definition) is 6. The molecule has 1 aliphatic heterocycles. The summed E-state index contributed by atoms with van der Waals surface area (Å²) < 4.78 is 0. The van der Waals surface area contributed by atoms with E-state index < -0.39 is 29.4 Å². The Hall–Kier alpha value is -3.04. The number of nitrogens with two attached hydrogens (primary N) is 1. The zero-order chi connectivity index (χ0) is 24.6. The molecule has 2 amide bonds. The van der Waals surface area contributed by atoms with Crippen molar-refractivity contribution in [1.82, 2.24) is 19.9 Å². The number of H-pyrrole nitrogens is 1. The van der Waals surface area contributed by atoms with Crippen LogP contribution in [0.1, 0.15) is 51.2 Å². The van der Waals surface area contributed by atoms with Crippen molar-refractivity contribution in [3.63, 3.8) is 0 Å². The van der Waals surface area contributed by atoms with Gasteiger partial charge in [0.1, 0.15) is 5.82 Å². The van der Waals surface area contributed by atoms with E-state index in [1.807, 2.05) is 45.3 Å². The molecule has 180 valence electrons. The van der Waals surface area contributed by atoms with Gasteiger partial charge in [0.25, 0.3) is 0 Å². The van der Waals surface area contributed by atoms with E-state index in [1.165, 1.54) is 0 Å². The summed E-state index contributed by atoms with van der Waals surface area (Å²) in [6, 6.07) is 7.78.